The van der Waals surface area contributed by atoms with Gasteiger partial charge >= 0.3 is 0 Å². The fraction of sp³-hybridized carbons (Fsp3) is 0.0500. The third-order valence-electron chi connectivity index (χ3n) is 3.60. The molecule has 0 fully saturated rings. The van der Waals surface area contributed by atoms with Gasteiger partial charge in [-0.3, -0.25) is 4.79 Å². The molecule has 2 heteroatoms. The highest BCUT2D eigenvalue weighted by Crippen LogP contribution is 2.23. The average molecular weight is 290 g/mol. The molecule has 0 aliphatic rings. The molecule has 0 bridgehead atoms. The van der Waals surface area contributed by atoms with Crippen molar-refractivity contribution in [2.75, 3.05) is 0 Å². The molecule has 0 radical (unpaired) electrons. The van der Waals surface area contributed by atoms with Crippen LogP contribution in [0.4, 0.5) is 4.39 Å². The van der Waals surface area contributed by atoms with E-state index < -0.39 is 0 Å². The van der Waals surface area contributed by atoms with Gasteiger partial charge in [0.05, 0.1) is 0 Å². The molecule has 22 heavy (non-hydrogen) atoms. The van der Waals surface area contributed by atoms with Gasteiger partial charge in [0.1, 0.15) is 5.82 Å². The second-order valence-corrected chi connectivity index (χ2v) is 5.14. The minimum atomic E-state index is -0.240. The topological polar surface area (TPSA) is 17.1 Å². The molecule has 0 saturated heterocycles. The summed E-state index contributed by atoms with van der Waals surface area (Å²) in [5.74, 6) is -0.158. The molecule has 0 N–H and O–H groups in total. The number of rotatable bonds is 4. The Hall–Kier alpha value is -2.74. The summed E-state index contributed by atoms with van der Waals surface area (Å²) in [6, 6.07) is 23.4. The van der Waals surface area contributed by atoms with Gasteiger partial charge in [-0.25, -0.2) is 4.39 Å². The second kappa shape index (κ2) is 6.35. The Morgan fingerprint density at radius 3 is 2.09 bits per heavy atom. The van der Waals surface area contributed by atoms with Crippen LogP contribution in [0.25, 0.3) is 11.1 Å². The average Bonchev–Trinajstić information content (AvgIpc) is 2.57. The van der Waals surface area contributed by atoms with Gasteiger partial charge in [-0.15, -0.1) is 0 Å². The van der Waals surface area contributed by atoms with Crippen LogP contribution in [0.2, 0.25) is 0 Å². The fourth-order valence-corrected chi connectivity index (χ4v) is 2.41. The maximum atomic E-state index is 13.8. The van der Waals surface area contributed by atoms with E-state index in [1.165, 1.54) is 6.07 Å². The Bertz CT molecular complexity index is 776. The van der Waals surface area contributed by atoms with Crippen LogP contribution >= 0.6 is 0 Å². The Labute approximate surface area is 129 Å². The van der Waals surface area contributed by atoms with Crippen molar-refractivity contribution in [3.05, 3.63) is 95.8 Å². The number of hydrogen-bond acceptors (Lipinski definition) is 1. The normalized spacial score (nSPS) is 10.4. The van der Waals surface area contributed by atoms with Crippen LogP contribution in [0.1, 0.15) is 15.9 Å². The highest BCUT2D eigenvalue weighted by Gasteiger charge is 2.08. The lowest BCUT2D eigenvalue weighted by Gasteiger charge is -2.05. The molecule has 0 atom stereocenters. The molecule has 1 nitrogen and oxygen atoms in total. The largest absolute Gasteiger partial charge is 0.294 e. The quantitative estimate of drug-likeness (QED) is 0.623. The van der Waals surface area contributed by atoms with E-state index in [9.17, 15) is 9.18 Å². The monoisotopic (exact) mass is 290 g/mol. The van der Waals surface area contributed by atoms with Crippen molar-refractivity contribution < 1.29 is 9.18 Å². The number of Topliss-reactive ketones (excluding diaryl/α,β-unsaturated/α-hetero) is 1. The predicted molar refractivity (Wildman–Crippen MR) is 86.3 cm³/mol. The molecule has 0 aromatic heterocycles. The van der Waals surface area contributed by atoms with Crippen molar-refractivity contribution in [1.29, 1.82) is 0 Å². The summed E-state index contributed by atoms with van der Waals surface area (Å²) in [4.78, 5) is 12.2. The number of halogens is 1. The first-order valence-corrected chi connectivity index (χ1v) is 7.16. The molecule has 0 unspecified atom stereocenters. The zero-order valence-corrected chi connectivity index (χ0v) is 12.0. The standard InChI is InChI=1S/C20H15FO/c21-19-9-5-4-8-18(19)16-12-10-15(11-13-16)14-20(22)17-6-2-1-3-7-17/h1-13H,14H2. The number of carbonyl (C=O) groups excluding carboxylic acids is 1. The predicted octanol–water partition coefficient (Wildman–Crippen LogP) is 4.92. The molecule has 3 rings (SSSR count). The summed E-state index contributed by atoms with van der Waals surface area (Å²) in [6.07, 6.45) is 0.349. The van der Waals surface area contributed by atoms with E-state index in [0.717, 1.165) is 11.1 Å². The number of hydrogen-bond donors (Lipinski definition) is 0. The maximum Gasteiger partial charge on any atom is 0.167 e. The Kier molecular flexibility index (Phi) is 4.10. The summed E-state index contributed by atoms with van der Waals surface area (Å²) >= 11 is 0. The van der Waals surface area contributed by atoms with Crippen molar-refractivity contribution in [1.82, 2.24) is 0 Å². The highest BCUT2D eigenvalue weighted by atomic mass is 19.1. The Morgan fingerprint density at radius 2 is 1.41 bits per heavy atom. The maximum absolute atomic E-state index is 13.8. The van der Waals surface area contributed by atoms with Gasteiger partial charge in [0.2, 0.25) is 0 Å². The van der Waals surface area contributed by atoms with E-state index in [0.29, 0.717) is 17.5 Å². The molecule has 3 aromatic rings. The summed E-state index contributed by atoms with van der Waals surface area (Å²) in [6.45, 7) is 0. The van der Waals surface area contributed by atoms with Crippen LogP contribution in [-0.4, -0.2) is 5.78 Å². The van der Waals surface area contributed by atoms with Crippen molar-refractivity contribution in [2.24, 2.45) is 0 Å². The van der Waals surface area contributed by atoms with E-state index in [2.05, 4.69) is 0 Å². The van der Waals surface area contributed by atoms with Crippen molar-refractivity contribution in [2.45, 2.75) is 6.42 Å². The molecule has 3 aromatic carbocycles. The zero-order chi connectivity index (χ0) is 15.4. The first kappa shape index (κ1) is 14.2. The summed E-state index contributed by atoms with van der Waals surface area (Å²) < 4.78 is 13.8. The van der Waals surface area contributed by atoms with E-state index >= 15 is 0 Å². The van der Waals surface area contributed by atoms with E-state index in [1.54, 1.807) is 12.1 Å². The van der Waals surface area contributed by atoms with E-state index in [4.69, 9.17) is 0 Å². The second-order valence-electron chi connectivity index (χ2n) is 5.14. The first-order chi connectivity index (χ1) is 10.7. The summed E-state index contributed by atoms with van der Waals surface area (Å²) in [7, 11) is 0. The molecular weight excluding hydrogens is 275 g/mol. The van der Waals surface area contributed by atoms with Gasteiger partial charge in [0, 0.05) is 17.5 Å². The molecule has 0 saturated carbocycles. The number of carbonyl (C=O) groups is 1. The fourth-order valence-electron chi connectivity index (χ4n) is 2.41. The Morgan fingerprint density at radius 1 is 0.773 bits per heavy atom. The molecule has 0 aliphatic carbocycles. The van der Waals surface area contributed by atoms with Crippen LogP contribution in [0.15, 0.2) is 78.9 Å². The van der Waals surface area contributed by atoms with Gasteiger partial charge in [-0.1, -0.05) is 72.8 Å². The Balaban J connectivity index is 1.78. The van der Waals surface area contributed by atoms with Crippen LogP contribution in [0.3, 0.4) is 0 Å². The van der Waals surface area contributed by atoms with Crippen LogP contribution in [0.5, 0.6) is 0 Å². The third-order valence-corrected chi connectivity index (χ3v) is 3.60. The lowest BCUT2D eigenvalue weighted by atomic mass is 9.99. The van der Waals surface area contributed by atoms with Crippen LogP contribution in [-0.2, 0) is 6.42 Å². The van der Waals surface area contributed by atoms with Gasteiger partial charge in [0.25, 0.3) is 0 Å². The minimum Gasteiger partial charge on any atom is -0.294 e. The van der Waals surface area contributed by atoms with E-state index in [1.807, 2.05) is 60.7 Å². The molecular formula is C20H15FO. The molecule has 0 spiro atoms. The van der Waals surface area contributed by atoms with Gasteiger partial charge in [-0.2, -0.15) is 0 Å². The molecule has 0 aliphatic heterocycles. The summed E-state index contributed by atoms with van der Waals surface area (Å²) in [5, 5.41) is 0. The zero-order valence-electron chi connectivity index (χ0n) is 12.0. The van der Waals surface area contributed by atoms with Crippen LogP contribution in [0, 0.1) is 5.82 Å². The van der Waals surface area contributed by atoms with Gasteiger partial charge in [-0.05, 0) is 17.2 Å². The lowest BCUT2D eigenvalue weighted by molar-refractivity contribution is 0.0993. The third kappa shape index (κ3) is 3.12. The first-order valence-electron chi connectivity index (χ1n) is 7.16. The van der Waals surface area contributed by atoms with Crippen molar-refractivity contribution >= 4 is 5.78 Å². The molecule has 108 valence electrons. The summed E-state index contributed by atoms with van der Waals surface area (Å²) in [5.41, 5.74) is 3.02. The molecule has 0 heterocycles. The minimum absolute atomic E-state index is 0.0826. The van der Waals surface area contributed by atoms with Crippen LogP contribution < -0.4 is 0 Å². The highest BCUT2D eigenvalue weighted by molar-refractivity contribution is 5.97. The SMILES string of the molecule is O=C(Cc1ccc(-c2ccccc2F)cc1)c1ccccc1. The van der Waals surface area contributed by atoms with Crippen molar-refractivity contribution in [3.8, 4) is 11.1 Å². The van der Waals surface area contributed by atoms with Crippen molar-refractivity contribution in [3.63, 3.8) is 0 Å². The lowest BCUT2D eigenvalue weighted by Crippen LogP contribution is -2.03. The number of ketones is 1. The molecule has 0 amide bonds. The van der Waals surface area contributed by atoms with Gasteiger partial charge in [0.15, 0.2) is 5.78 Å². The van der Waals surface area contributed by atoms with E-state index in [-0.39, 0.29) is 11.6 Å². The van der Waals surface area contributed by atoms with Gasteiger partial charge < -0.3 is 0 Å². The number of benzene rings is 3. The smallest absolute Gasteiger partial charge is 0.167 e.